The highest BCUT2D eigenvalue weighted by atomic mass is 15.0. The van der Waals surface area contributed by atoms with E-state index in [2.05, 4.69) is 33.8 Å². The van der Waals surface area contributed by atoms with E-state index in [9.17, 15) is 0 Å². The van der Waals surface area contributed by atoms with Crippen LogP contribution in [-0.2, 0) is 6.54 Å². The van der Waals surface area contributed by atoms with Gasteiger partial charge >= 0.3 is 0 Å². The fourth-order valence-electron chi connectivity index (χ4n) is 1.31. The number of rotatable bonds is 3. The standard InChI is InChI=1S/C12H12N2/c1-2-5-12(6-3-1)7-4-9-14-10-8-13-11-14/h1-8,10-11H,9H2/p+1. The lowest BCUT2D eigenvalue weighted by atomic mass is 10.2. The molecule has 14 heavy (non-hydrogen) atoms. The number of imidazole rings is 1. The third-order valence-corrected chi connectivity index (χ3v) is 2.03. The minimum Gasteiger partial charge on any atom is -0.250 e. The molecule has 0 radical (unpaired) electrons. The van der Waals surface area contributed by atoms with E-state index in [1.165, 1.54) is 5.56 Å². The van der Waals surface area contributed by atoms with Crippen molar-refractivity contribution in [1.82, 2.24) is 4.98 Å². The van der Waals surface area contributed by atoms with Gasteiger partial charge in [0, 0.05) is 0 Å². The molecule has 1 N–H and O–H groups in total. The van der Waals surface area contributed by atoms with Gasteiger partial charge in [-0.15, -0.1) is 0 Å². The average Bonchev–Trinajstić information content (AvgIpc) is 2.72. The molecule has 0 bridgehead atoms. The Kier molecular flexibility index (Phi) is 2.76. The first-order valence-corrected chi connectivity index (χ1v) is 4.68. The minimum absolute atomic E-state index is 0.901. The van der Waals surface area contributed by atoms with Gasteiger partial charge in [-0.1, -0.05) is 36.4 Å². The second kappa shape index (κ2) is 4.42. The van der Waals surface area contributed by atoms with Crippen LogP contribution in [0.5, 0.6) is 0 Å². The molecular formula is C12H13N2+. The predicted octanol–water partition coefficient (Wildman–Crippen LogP) is 2.02. The van der Waals surface area contributed by atoms with Crippen molar-refractivity contribution in [1.29, 1.82) is 0 Å². The number of aromatic amines is 1. The monoisotopic (exact) mass is 185 g/mol. The number of allylic oxidation sites excluding steroid dienone is 1. The molecule has 0 unspecified atom stereocenters. The lowest BCUT2D eigenvalue weighted by molar-refractivity contribution is -0.685. The van der Waals surface area contributed by atoms with Gasteiger partial charge in [0.1, 0.15) is 18.9 Å². The molecule has 0 aliphatic carbocycles. The quantitative estimate of drug-likeness (QED) is 0.706. The maximum Gasteiger partial charge on any atom is 0.241 e. The van der Waals surface area contributed by atoms with E-state index in [0.717, 1.165) is 6.54 Å². The molecule has 2 heteroatoms. The molecule has 0 amide bonds. The first kappa shape index (κ1) is 8.75. The Labute approximate surface area is 83.5 Å². The van der Waals surface area contributed by atoms with Crippen molar-refractivity contribution in [3.8, 4) is 0 Å². The van der Waals surface area contributed by atoms with Crippen molar-refractivity contribution in [2.24, 2.45) is 0 Å². The van der Waals surface area contributed by atoms with Gasteiger partial charge < -0.3 is 0 Å². The maximum atomic E-state index is 3.01. The fraction of sp³-hybridized carbons (Fsp3) is 0.0833. The Hall–Kier alpha value is -1.83. The zero-order valence-corrected chi connectivity index (χ0v) is 7.93. The first-order valence-electron chi connectivity index (χ1n) is 4.68. The average molecular weight is 185 g/mol. The molecule has 2 nitrogen and oxygen atoms in total. The van der Waals surface area contributed by atoms with Gasteiger partial charge in [0.25, 0.3) is 0 Å². The molecule has 0 atom stereocenters. The third-order valence-electron chi connectivity index (χ3n) is 2.03. The van der Waals surface area contributed by atoms with E-state index in [4.69, 9.17) is 0 Å². The number of H-pyrrole nitrogens is 1. The molecule has 0 aliphatic heterocycles. The Bertz CT molecular complexity index is 388. The Morgan fingerprint density at radius 3 is 2.79 bits per heavy atom. The molecule has 1 aromatic heterocycles. The van der Waals surface area contributed by atoms with Crippen molar-refractivity contribution in [2.75, 3.05) is 0 Å². The summed E-state index contributed by atoms with van der Waals surface area (Å²) in [5, 5.41) is 0. The van der Waals surface area contributed by atoms with Crippen molar-refractivity contribution in [3.05, 3.63) is 60.7 Å². The van der Waals surface area contributed by atoms with Crippen molar-refractivity contribution in [2.45, 2.75) is 6.54 Å². The van der Waals surface area contributed by atoms with Crippen LogP contribution in [0.4, 0.5) is 0 Å². The van der Waals surface area contributed by atoms with Crippen LogP contribution in [0.3, 0.4) is 0 Å². The van der Waals surface area contributed by atoms with E-state index in [0.29, 0.717) is 0 Å². The molecule has 0 aliphatic rings. The second-order valence-electron chi connectivity index (χ2n) is 3.12. The first-order chi connectivity index (χ1) is 6.95. The molecule has 0 saturated carbocycles. The highest BCUT2D eigenvalue weighted by Gasteiger charge is 1.90. The van der Waals surface area contributed by atoms with Crippen LogP contribution in [0.1, 0.15) is 5.56 Å². The zero-order chi connectivity index (χ0) is 9.64. The van der Waals surface area contributed by atoms with E-state index in [1.807, 2.05) is 36.9 Å². The van der Waals surface area contributed by atoms with E-state index in [-0.39, 0.29) is 0 Å². The fourth-order valence-corrected chi connectivity index (χ4v) is 1.31. The second-order valence-corrected chi connectivity index (χ2v) is 3.12. The number of aromatic nitrogens is 2. The molecule has 0 fully saturated rings. The molecule has 2 aromatic rings. The normalized spacial score (nSPS) is 10.9. The largest absolute Gasteiger partial charge is 0.250 e. The molecule has 1 heterocycles. The van der Waals surface area contributed by atoms with Crippen LogP contribution in [-0.4, -0.2) is 4.98 Å². The molecule has 0 spiro atoms. The summed E-state index contributed by atoms with van der Waals surface area (Å²) in [6.45, 7) is 0.901. The van der Waals surface area contributed by atoms with Crippen LogP contribution in [0.25, 0.3) is 6.08 Å². The molecule has 70 valence electrons. The van der Waals surface area contributed by atoms with Gasteiger partial charge in [-0.2, -0.15) is 0 Å². The van der Waals surface area contributed by atoms with Crippen molar-refractivity contribution >= 4 is 6.08 Å². The van der Waals surface area contributed by atoms with Gasteiger partial charge in [-0.25, -0.2) is 4.57 Å². The summed E-state index contributed by atoms with van der Waals surface area (Å²) in [6.07, 6.45) is 10.1. The highest BCUT2D eigenvalue weighted by Crippen LogP contribution is 2.00. The lowest BCUT2D eigenvalue weighted by Crippen LogP contribution is -2.28. The summed E-state index contributed by atoms with van der Waals surface area (Å²) in [6, 6.07) is 10.3. The maximum absolute atomic E-state index is 3.01. The summed E-state index contributed by atoms with van der Waals surface area (Å²) in [5.41, 5.74) is 1.24. The van der Waals surface area contributed by atoms with E-state index >= 15 is 0 Å². The van der Waals surface area contributed by atoms with Gasteiger partial charge in [-0.05, 0) is 11.6 Å². The van der Waals surface area contributed by atoms with E-state index < -0.39 is 0 Å². The zero-order valence-electron chi connectivity index (χ0n) is 7.93. The smallest absolute Gasteiger partial charge is 0.241 e. The minimum atomic E-state index is 0.901. The summed E-state index contributed by atoms with van der Waals surface area (Å²) in [5.74, 6) is 0. The Morgan fingerprint density at radius 1 is 1.21 bits per heavy atom. The van der Waals surface area contributed by atoms with Gasteiger partial charge in [-0.3, -0.25) is 4.98 Å². The summed E-state index contributed by atoms with van der Waals surface area (Å²) >= 11 is 0. The number of nitrogens with zero attached hydrogens (tertiary/aromatic N) is 1. The molecular weight excluding hydrogens is 172 g/mol. The van der Waals surface area contributed by atoms with Gasteiger partial charge in [0.15, 0.2) is 0 Å². The van der Waals surface area contributed by atoms with E-state index in [1.54, 1.807) is 0 Å². The summed E-state index contributed by atoms with van der Waals surface area (Å²) in [7, 11) is 0. The number of hydrogen-bond acceptors (Lipinski definition) is 0. The highest BCUT2D eigenvalue weighted by molar-refractivity contribution is 5.48. The van der Waals surface area contributed by atoms with Crippen LogP contribution in [0.15, 0.2) is 55.1 Å². The van der Waals surface area contributed by atoms with Gasteiger partial charge in [0.05, 0.1) is 0 Å². The Balaban J connectivity index is 1.96. The third kappa shape index (κ3) is 2.33. The summed E-state index contributed by atoms with van der Waals surface area (Å²) in [4.78, 5) is 3.01. The van der Waals surface area contributed by atoms with Crippen molar-refractivity contribution < 1.29 is 4.57 Å². The van der Waals surface area contributed by atoms with Crippen LogP contribution in [0.2, 0.25) is 0 Å². The van der Waals surface area contributed by atoms with Gasteiger partial charge in [0.2, 0.25) is 6.33 Å². The van der Waals surface area contributed by atoms with Crippen LogP contribution < -0.4 is 4.57 Å². The Morgan fingerprint density at radius 2 is 2.07 bits per heavy atom. The number of nitrogens with one attached hydrogen (secondary N) is 1. The molecule has 1 aromatic carbocycles. The number of benzene rings is 1. The SMILES string of the molecule is C(=Cc1ccccc1)C[n+]1cc[nH]c1. The molecule has 2 rings (SSSR count). The topological polar surface area (TPSA) is 19.7 Å². The molecule has 0 saturated heterocycles. The van der Waals surface area contributed by atoms with Crippen molar-refractivity contribution in [3.63, 3.8) is 0 Å². The van der Waals surface area contributed by atoms with Crippen LogP contribution in [0, 0.1) is 0 Å². The summed E-state index contributed by atoms with van der Waals surface area (Å²) < 4.78 is 2.08. The number of hydrogen-bond donors (Lipinski definition) is 1. The predicted molar refractivity (Wildman–Crippen MR) is 56.5 cm³/mol. The van der Waals surface area contributed by atoms with Crippen LogP contribution >= 0.6 is 0 Å². The lowest BCUT2D eigenvalue weighted by Gasteiger charge is -1.90.